The van der Waals surface area contributed by atoms with Crippen LogP contribution in [-0.4, -0.2) is 34.5 Å². The van der Waals surface area contributed by atoms with E-state index in [4.69, 9.17) is 0 Å². The Morgan fingerprint density at radius 2 is 1.95 bits per heavy atom. The first-order valence-corrected chi connectivity index (χ1v) is 7.35. The fourth-order valence-electron chi connectivity index (χ4n) is 2.17. The molecular weight excluding hydrogens is 242 g/mol. The van der Waals surface area contributed by atoms with Crippen molar-refractivity contribution in [2.45, 2.75) is 65.8 Å². The molecule has 0 saturated heterocycles. The predicted molar refractivity (Wildman–Crippen MR) is 74.8 cm³/mol. The van der Waals surface area contributed by atoms with E-state index >= 15 is 0 Å². The van der Waals surface area contributed by atoms with Gasteiger partial charge in [0.1, 0.15) is 0 Å². The molecule has 1 N–H and O–H groups in total. The third-order valence-corrected chi connectivity index (χ3v) is 4.34. The van der Waals surface area contributed by atoms with E-state index in [0.717, 1.165) is 32.2 Å². The molecule has 1 unspecified atom stereocenters. The molecule has 1 rings (SSSR count). The molecule has 1 amide bonds. The fraction of sp³-hybridized carbons (Fsp3) is 0.867. The maximum Gasteiger partial charge on any atom is 0.310 e. The van der Waals surface area contributed by atoms with Crippen LogP contribution in [0, 0.1) is 11.3 Å². The summed E-state index contributed by atoms with van der Waals surface area (Å²) in [5.74, 6) is -0.919. The lowest BCUT2D eigenvalue weighted by Gasteiger charge is -2.31. The Labute approximate surface area is 116 Å². The first kappa shape index (κ1) is 16.0. The van der Waals surface area contributed by atoms with E-state index in [9.17, 15) is 14.7 Å². The van der Waals surface area contributed by atoms with Gasteiger partial charge in [0.15, 0.2) is 0 Å². The van der Waals surface area contributed by atoms with Crippen LogP contribution in [0.2, 0.25) is 0 Å². The summed E-state index contributed by atoms with van der Waals surface area (Å²) in [6.45, 7) is 8.30. The molecule has 1 saturated carbocycles. The second-order valence-corrected chi connectivity index (χ2v) is 6.23. The molecule has 0 aromatic rings. The Balaban J connectivity index is 2.71. The van der Waals surface area contributed by atoms with Gasteiger partial charge in [0.05, 0.1) is 5.41 Å². The van der Waals surface area contributed by atoms with Gasteiger partial charge in [0, 0.05) is 19.0 Å². The minimum Gasteiger partial charge on any atom is -0.481 e. The van der Waals surface area contributed by atoms with Crippen LogP contribution in [0.3, 0.4) is 0 Å². The molecule has 4 heteroatoms. The minimum atomic E-state index is -0.962. The zero-order valence-electron chi connectivity index (χ0n) is 12.6. The monoisotopic (exact) mass is 269 g/mol. The number of rotatable bonds is 8. The molecule has 1 aliphatic carbocycles. The number of amides is 1. The summed E-state index contributed by atoms with van der Waals surface area (Å²) in [5.41, 5.74) is -0.962. The van der Waals surface area contributed by atoms with Crippen molar-refractivity contribution >= 4 is 11.9 Å². The first-order chi connectivity index (χ1) is 8.82. The third-order valence-electron chi connectivity index (χ3n) is 4.34. The number of nitrogens with zero attached hydrogens (tertiary/aromatic N) is 1. The molecule has 1 aliphatic rings. The van der Waals surface area contributed by atoms with Crippen LogP contribution in [0.1, 0.15) is 59.8 Å². The largest absolute Gasteiger partial charge is 0.481 e. The van der Waals surface area contributed by atoms with E-state index in [2.05, 4.69) is 6.92 Å². The van der Waals surface area contributed by atoms with Crippen molar-refractivity contribution < 1.29 is 14.7 Å². The summed E-state index contributed by atoms with van der Waals surface area (Å²) in [5, 5.41) is 9.39. The minimum absolute atomic E-state index is 0.00884. The topological polar surface area (TPSA) is 57.6 Å². The van der Waals surface area contributed by atoms with Gasteiger partial charge in [0.2, 0.25) is 5.91 Å². The Hall–Kier alpha value is -1.06. The Bertz CT molecular complexity index is 336. The van der Waals surface area contributed by atoms with Gasteiger partial charge in [0.25, 0.3) is 0 Å². The molecule has 4 nitrogen and oxygen atoms in total. The molecule has 0 spiro atoms. The van der Waals surface area contributed by atoms with Crippen molar-refractivity contribution in [3.8, 4) is 0 Å². The van der Waals surface area contributed by atoms with E-state index < -0.39 is 11.4 Å². The zero-order valence-corrected chi connectivity index (χ0v) is 12.6. The highest BCUT2D eigenvalue weighted by molar-refractivity contribution is 5.85. The van der Waals surface area contributed by atoms with Crippen LogP contribution < -0.4 is 0 Å². The number of carbonyl (C=O) groups is 2. The smallest absolute Gasteiger partial charge is 0.310 e. The van der Waals surface area contributed by atoms with Gasteiger partial charge in [-0.2, -0.15) is 0 Å². The van der Waals surface area contributed by atoms with Crippen LogP contribution >= 0.6 is 0 Å². The molecule has 0 radical (unpaired) electrons. The van der Waals surface area contributed by atoms with Crippen molar-refractivity contribution in [2.75, 3.05) is 6.54 Å². The molecular formula is C15H27NO3. The summed E-state index contributed by atoms with van der Waals surface area (Å²) < 4.78 is 0. The Morgan fingerprint density at radius 3 is 2.32 bits per heavy atom. The summed E-state index contributed by atoms with van der Waals surface area (Å²) in [6.07, 6.45) is 4.30. The summed E-state index contributed by atoms with van der Waals surface area (Å²) in [4.78, 5) is 25.8. The lowest BCUT2D eigenvalue weighted by atomic mass is 9.76. The van der Waals surface area contributed by atoms with Crippen molar-refractivity contribution in [1.29, 1.82) is 0 Å². The molecule has 0 heterocycles. The maximum absolute atomic E-state index is 12.4. The van der Waals surface area contributed by atoms with Crippen LogP contribution in [0.4, 0.5) is 0 Å². The third kappa shape index (κ3) is 3.95. The summed E-state index contributed by atoms with van der Waals surface area (Å²) >= 11 is 0. The maximum atomic E-state index is 12.4. The van der Waals surface area contributed by atoms with Gasteiger partial charge in [-0.15, -0.1) is 0 Å². The first-order valence-electron chi connectivity index (χ1n) is 7.35. The number of unbranched alkanes of at least 4 members (excludes halogenated alkanes) is 1. The summed E-state index contributed by atoms with van der Waals surface area (Å²) in [7, 11) is 0. The highest BCUT2D eigenvalue weighted by Crippen LogP contribution is 2.35. The number of carbonyl (C=O) groups excluding carboxylic acids is 1. The van der Waals surface area contributed by atoms with Gasteiger partial charge in [-0.1, -0.05) is 27.2 Å². The average Bonchev–Trinajstić information content (AvgIpc) is 3.13. The molecule has 0 aromatic heterocycles. The molecule has 0 bridgehead atoms. The zero-order chi connectivity index (χ0) is 14.6. The second kappa shape index (κ2) is 6.40. The van der Waals surface area contributed by atoms with Gasteiger partial charge >= 0.3 is 5.97 Å². The molecule has 110 valence electrons. The van der Waals surface area contributed by atoms with E-state index in [1.807, 2.05) is 18.7 Å². The Morgan fingerprint density at radius 1 is 1.37 bits per heavy atom. The lowest BCUT2D eigenvalue weighted by Crippen LogP contribution is -2.42. The van der Waals surface area contributed by atoms with Crippen molar-refractivity contribution in [1.82, 2.24) is 4.90 Å². The van der Waals surface area contributed by atoms with Crippen LogP contribution in [0.5, 0.6) is 0 Å². The molecule has 1 atom stereocenters. The van der Waals surface area contributed by atoms with Crippen molar-refractivity contribution in [2.24, 2.45) is 11.3 Å². The van der Waals surface area contributed by atoms with Gasteiger partial charge in [-0.3, -0.25) is 9.59 Å². The van der Waals surface area contributed by atoms with E-state index in [-0.39, 0.29) is 18.2 Å². The molecule has 0 aromatic carbocycles. The standard InChI is InChI=1S/C15H27NO3/c1-5-6-9-16(12-7-8-12)13(17)10-15(4,11(2)3)14(18)19/h11-12H,5-10H2,1-4H3,(H,18,19). The number of aliphatic carboxylic acids is 1. The van der Waals surface area contributed by atoms with Crippen LogP contribution in [0.25, 0.3) is 0 Å². The Kier molecular flexibility index (Phi) is 5.39. The molecule has 0 aliphatic heterocycles. The normalized spacial score (nSPS) is 18.2. The van der Waals surface area contributed by atoms with Gasteiger partial charge in [-0.25, -0.2) is 0 Å². The van der Waals surface area contributed by atoms with Crippen molar-refractivity contribution in [3.05, 3.63) is 0 Å². The quantitative estimate of drug-likeness (QED) is 0.737. The molecule has 19 heavy (non-hydrogen) atoms. The second-order valence-electron chi connectivity index (χ2n) is 6.23. The lowest BCUT2D eigenvalue weighted by molar-refractivity contribution is -0.155. The number of carboxylic acid groups (broad SMARTS) is 1. The summed E-state index contributed by atoms with van der Waals surface area (Å²) in [6, 6.07) is 0.365. The highest BCUT2D eigenvalue weighted by atomic mass is 16.4. The fourth-order valence-corrected chi connectivity index (χ4v) is 2.17. The average molecular weight is 269 g/mol. The van der Waals surface area contributed by atoms with Gasteiger partial charge < -0.3 is 10.0 Å². The van der Waals surface area contributed by atoms with Gasteiger partial charge in [-0.05, 0) is 32.1 Å². The highest BCUT2D eigenvalue weighted by Gasteiger charge is 2.42. The van der Waals surface area contributed by atoms with E-state index in [1.165, 1.54) is 0 Å². The van der Waals surface area contributed by atoms with Crippen molar-refractivity contribution in [3.63, 3.8) is 0 Å². The number of carboxylic acids is 1. The molecule has 1 fully saturated rings. The number of hydrogen-bond donors (Lipinski definition) is 1. The van der Waals surface area contributed by atoms with Crippen LogP contribution in [0.15, 0.2) is 0 Å². The van der Waals surface area contributed by atoms with E-state index in [0.29, 0.717) is 6.04 Å². The van der Waals surface area contributed by atoms with Crippen LogP contribution in [-0.2, 0) is 9.59 Å². The predicted octanol–water partition coefficient (Wildman–Crippen LogP) is 2.91. The SMILES string of the molecule is CCCCN(C(=O)CC(C)(C(=O)O)C(C)C)C1CC1. The number of hydrogen-bond acceptors (Lipinski definition) is 2. The van der Waals surface area contributed by atoms with E-state index in [1.54, 1.807) is 6.92 Å².